The van der Waals surface area contributed by atoms with Gasteiger partial charge in [-0.15, -0.1) is 10.2 Å². The van der Waals surface area contributed by atoms with E-state index < -0.39 is 0 Å². The Morgan fingerprint density at radius 2 is 1.74 bits per heavy atom. The molecule has 0 atom stereocenters. The van der Waals surface area contributed by atoms with Crippen LogP contribution in [-0.2, 0) is 11.3 Å². The third kappa shape index (κ3) is 4.21. The van der Waals surface area contributed by atoms with Crippen molar-refractivity contribution in [2.75, 3.05) is 13.1 Å². The summed E-state index contributed by atoms with van der Waals surface area (Å²) in [5.41, 5.74) is 0.894. The summed E-state index contributed by atoms with van der Waals surface area (Å²) in [6.07, 6.45) is 12.0. The lowest BCUT2D eigenvalue weighted by Gasteiger charge is -2.31. The van der Waals surface area contributed by atoms with E-state index in [1.165, 1.54) is 0 Å². The number of piperidine rings is 1. The topological polar surface area (TPSA) is 55.4 Å². The number of fused-ring (bicyclic) bond motifs is 1. The van der Waals surface area contributed by atoms with E-state index in [4.69, 9.17) is 0 Å². The molecule has 0 aliphatic carbocycles. The minimum Gasteiger partial charge on any atom is -0.354 e. The van der Waals surface area contributed by atoms with Crippen LogP contribution in [0.3, 0.4) is 0 Å². The number of aryl methyl sites for hydroxylation is 1. The van der Waals surface area contributed by atoms with Gasteiger partial charge in [-0.3, -0.25) is 9.20 Å². The van der Waals surface area contributed by atoms with Gasteiger partial charge < -0.3 is 9.47 Å². The van der Waals surface area contributed by atoms with Gasteiger partial charge in [0.1, 0.15) is 5.82 Å². The predicted molar refractivity (Wildman–Crippen MR) is 104 cm³/mol. The molecule has 4 rings (SSSR count). The average molecular weight is 365 g/mol. The fourth-order valence-electron chi connectivity index (χ4n) is 3.95. The van der Waals surface area contributed by atoms with Gasteiger partial charge in [-0.05, 0) is 49.9 Å². The number of amides is 1. The van der Waals surface area contributed by atoms with Crippen LogP contribution < -0.4 is 0 Å². The molecule has 0 aromatic carbocycles. The highest BCUT2D eigenvalue weighted by Crippen LogP contribution is 2.27. The molecule has 0 unspecified atom stereocenters. The van der Waals surface area contributed by atoms with Gasteiger partial charge in [0.2, 0.25) is 5.91 Å². The van der Waals surface area contributed by atoms with Crippen molar-refractivity contribution in [1.82, 2.24) is 24.1 Å². The van der Waals surface area contributed by atoms with Crippen molar-refractivity contribution in [3.8, 4) is 0 Å². The summed E-state index contributed by atoms with van der Waals surface area (Å²) >= 11 is 0. The highest BCUT2D eigenvalue weighted by Gasteiger charge is 2.26. The van der Waals surface area contributed by atoms with E-state index in [2.05, 4.69) is 43.7 Å². The minimum absolute atomic E-state index is 0.306. The van der Waals surface area contributed by atoms with Crippen molar-refractivity contribution in [2.24, 2.45) is 0 Å². The first-order valence-corrected chi connectivity index (χ1v) is 9.99. The van der Waals surface area contributed by atoms with Gasteiger partial charge in [0.25, 0.3) is 0 Å². The lowest BCUT2D eigenvalue weighted by molar-refractivity contribution is -0.132. The Kier molecular flexibility index (Phi) is 5.51. The van der Waals surface area contributed by atoms with Crippen LogP contribution in [-0.4, -0.2) is 43.1 Å². The Balaban J connectivity index is 1.20. The molecule has 1 amide bonds. The molecule has 1 aliphatic heterocycles. The Morgan fingerprint density at radius 3 is 2.56 bits per heavy atom. The van der Waals surface area contributed by atoms with E-state index in [9.17, 15) is 4.79 Å². The van der Waals surface area contributed by atoms with Crippen LogP contribution >= 0.6 is 0 Å². The maximum absolute atomic E-state index is 12.5. The largest absolute Gasteiger partial charge is 0.354 e. The Morgan fingerprint density at radius 1 is 0.963 bits per heavy atom. The Hall–Kier alpha value is -2.63. The standard InChI is InChI=1S/C21H27N5O/c27-20(9-2-1-4-12-24-13-6-7-14-24)25-16-10-18(11-17-25)21-23-22-19-8-3-5-15-26(19)21/h3,5-8,13-15,18H,1-2,4,9-12,16-17H2. The first-order chi connectivity index (χ1) is 13.3. The Bertz CT molecular complexity index is 862. The summed E-state index contributed by atoms with van der Waals surface area (Å²) in [4.78, 5) is 14.5. The highest BCUT2D eigenvalue weighted by atomic mass is 16.2. The number of nitrogens with zero attached hydrogens (tertiary/aromatic N) is 5. The third-order valence-corrected chi connectivity index (χ3v) is 5.53. The number of carbonyl (C=O) groups excluding carboxylic acids is 1. The lowest BCUT2D eigenvalue weighted by atomic mass is 9.95. The number of carbonyl (C=O) groups is 1. The zero-order valence-corrected chi connectivity index (χ0v) is 15.7. The fraction of sp³-hybridized carbons (Fsp3) is 0.476. The summed E-state index contributed by atoms with van der Waals surface area (Å²) in [5, 5.41) is 8.64. The van der Waals surface area contributed by atoms with Gasteiger partial charge in [0, 0.05) is 50.6 Å². The molecule has 0 saturated carbocycles. The number of aromatic nitrogens is 4. The second-order valence-electron chi connectivity index (χ2n) is 7.37. The minimum atomic E-state index is 0.306. The summed E-state index contributed by atoms with van der Waals surface area (Å²) in [7, 11) is 0. The number of unbranched alkanes of at least 4 members (excludes halogenated alkanes) is 2. The van der Waals surface area contributed by atoms with Crippen molar-refractivity contribution < 1.29 is 4.79 Å². The first-order valence-electron chi connectivity index (χ1n) is 9.99. The van der Waals surface area contributed by atoms with E-state index >= 15 is 0 Å². The van der Waals surface area contributed by atoms with Crippen molar-refractivity contribution in [1.29, 1.82) is 0 Å². The monoisotopic (exact) mass is 365 g/mol. The summed E-state index contributed by atoms with van der Waals surface area (Å²) in [6, 6.07) is 10.1. The third-order valence-electron chi connectivity index (χ3n) is 5.53. The van der Waals surface area contributed by atoms with Crippen LogP contribution in [0.15, 0.2) is 48.9 Å². The molecular formula is C21H27N5O. The molecule has 142 valence electrons. The molecule has 0 spiro atoms. The average Bonchev–Trinajstić information content (AvgIpc) is 3.37. The highest BCUT2D eigenvalue weighted by molar-refractivity contribution is 5.76. The maximum atomic E-state index is 12.5. The van der Waals surface area contributed by atoms with E-state index in [1.807, 2.05) is 29.3 Å². The SMILES string of the molecule is O=C(CCCCCn1cccc1)N1CCC(c2nnc3ccccn23)CC1. The molecule has 4 heterocycles. The Labute approximate surface area is 159 Å². The number of rotatable bonds is 7. The lowest BCUT2D eigenvalue weighted by Crippen LogP contribution is -2.38. The van der Waals surface area contributed by atoms with Crippen LogP contribution in [0.1, 0.15) is 50.3 Å². The molecule has 1 aliphatic rings. The van der Waals surface area contributed by atoms with E-state index in [-0.39, 0.29) is 0 Å². The quantitative estimate of drug-likeness (QED) is 0.602. The van der Waals surface area contributed by atoms with E-state index in [1.54, 1.807) is 0 Å². The summed E-state index contributed by atoms with van der Waals surface area (Å²) in [6.45, 7) is 2.70. The smallest absolute Gasteiger partial charge is 0.222 e. The zero-order chi connectivity index (χ0) is 18.5. The van der Waals surface area contributed by atoms with Gasteiger partial charge in [0.05, 0.1) is 0 Å². The van der Waals surface area contributed by atoms with Crippen molar-refractivity contribution in [3.63, 3.8) is 0 Å². The molecule has 0 N–H and O–H groups in total. The molecule has 6 heteroatoms. The second-order valence-corrected chi connectivity index (χ2v) is 7.37. The molecule has 1 fully saturated rings. The van der Waals surface area contributed by atoms with Gasteiger partial charge in [-0.1, -0.05) is 12.5 Å². The van der Waals surface area contributed by atoms with Gasteiger partial charge in [0.15, 0.2) is 5.65 Å². The van der Waals surface area contributed by atoms with Gasteiger partial charge in [-0.25, -0.2) is 0 Å². The van der Waals surface area contributed by atoms with Crippen LogP contribution in [0.2, 0.25) is 0 Å². The molecule has 3 aromatic rings. The van der Waals surface area contributed by atoms with Crippen LogP contribution in [0.25, 0.3) is 5.65 Å². The predicted octanol–water partition coefficient (Wildman–Crippen LogP) is 3.50. The number of hydrogen-bond donors (Lipinski definition) is 0. The van der Waals surface area contributed by atoms with Crippen molar-refractivity contribution in [3.05, 3.63) is 54.7 Å². The summed E-state index contributed by atoms with van der Waals surface area (Å²) in [5.74, 6) is 1.72. The molecule has 1 saturated heterocycles. The molecule has 0 radical (unpaired) electrons. The molecule has 6 nitrogen and oxygen atoms in total. The molecule has 27 heavy (non-hydrogen) atoms. The normalized spacial score (nSPS) is 15.5. The van der Waals surface area contributed by atoms with Crippen LogP contribution in [0.5, 0.6) is 0 Å². The van der Waals surface area contributed by atoms with Crippen LogP contribution in [0.4, 0.5) is 0 Å². The first kappa shape index (κ1) is 17.8. The van der Waals surface area contributed by atoms with E-state index in [0.29, 0.717) is 18.2 Å². The number of pyridine rings is 1. The van der Waals surface area contributed by atoms with Crippen molar-refractivity contribution in [2.45, 2.75) is 51.0 Å². The fourth-order valence-corrected chi connectivity index (χ4v) is 3.95. The molecule has 0 bridgehead atoms. The number of likely N-dealkylation sites (tertiary alicyclic amines) is 1. The van der Waals surface area contributed by atoms with Crippen LogP contribution in [0, 0.1) is 0 Å². The van der Waals surface area contributed by atoms with Gasteiger partial charge in [-0.2, -0.15) is 0 Å². The molecular weight excluding hydrogens is 338 g/mol. The van der Waals surface area contributed by atoms with E-state index in [0.717, 1.165) is 63.2 Å². The molecule has 3 aromatic heterocycles. The zero-order valence-electron chi connectivity index (χ0n) is 15.7. The second kappa shape index (κ2) is 8.37. The summed E-state index contributed by atoms with van der Waals surface area (Å²) < 4.78 is 4.27. The van der Waals surface area contributed by atoms with Crippen molar-refractivity contribution >= 4 is 11.6 Å². The van der Waals surface area contributed by atoms with Gasteiger partial charge >= 0.3 is 0 Å². The maximum Gasteiger partial charge on any atom is 0.222 e. The number of hydrogen-bond acceptors (Lipinski definition) is 3.